The molecule has 0 heterocycles. The van der Waals surface area contributed by atoms with Gasteiger partial charge in [0.25, 0.3) is 0 Å². The van der Waals surface area contributed by atoms with Gasteiger partial charge in [-0.15, -0.1) is 0 Å². The van der Waals surface area contributed by atoms with Crippen LogP contribution in [-0.2, 0) is 0 Å². The molecule has 2 aromatic rings. The third-order valence-electron chi connectivity index (χ3n) is 2.91. The molecule has 0 bridgehead atoms. The Morgan fingerprint density at radius 3 is 1.39 bits per heavy atom. The summed E-state index contributed by atoms with van der Waals surface area (Å²) >= 11 is 0. The minimum absolute atomic E-state index is 0.778. The Morgan fingerprint density at radius 2 is 1.04 bits per heavy atom. The fourth-order valence-corrected chi connectivity index (χ4v) is 1.77. The molecule has 0 atom stereocenters. The van der Waals surface area contributed by atoms with Crippen LogP contribution in [0.25, 0.3) is 0 Å². The minimum atomic E-state index is 0.778. The third kappa shape index (κ3) is 5.75. The molecule has 0 aliphatic carbocycles. The molecule has 3 nitrogen and oxygen atoms in total. The second-order valence-corrected chi connectivity index (χ2v) is 4.70. The highest BCUT2D eigenvalue weighted by Gasteiger charge is 1.97. The first kappa shape index (κ1) is 16.4. The molecule has 3 heteroatoms. The van der Waals surface area contributed by atoms with Crippen LogP contribution in [0.15, 0.2) is 82.8 Å². The van der Waals surface area contributed by atoms with E-state index in [0.29, 0.717) is 0 Å². The Morgan fingerprint density at radius 1 is 0.652 bits per heavy atom. The van der Waals surface area contributed by atoms with Gasteiger partial charge < -0.3 is 4.74 Å². The van der Waals surface area contributed by atoms with Gasteiger partial charge >= 0.3 is 0 Å². The van der Waals surface area contributed by atoms with E-state index in [4.69, 9.17) is 4.74 Å². The summed E-state index contributed by atoms with van der Waals surface area (Å²) < 4.78 is 5.81. The monoisotopic (exact) mass is 304 g/mol. The van der Waals surface area contributed by atoms with E-state index in [9.17, 15) is 0 Å². The molecule has 0 saturated heterocycles. The van der Waals surface area contributed by atoms with Crippen molar-refractivity contribution in [3.63, 3.8) is 0 Å². The van der Waals surface area contributed by atoms with Crippen molar-refractivity contribution in [3.05, 3.63) is 72.8 Å². The van der Waals surface area contributed by atoms with Crippen LogP contribution in [0.2, 0.25) is 0 Å². The number of rotatable bonds is 6. The normalized spacial score (nSPS) is 12.1. The van der Waals surface area contributed by atoms with E-state index in [2.05, 4.69) is 9.98 Å². The van der Waals surface area contributed by atoms with Gasteiger partial charge in [0, 0.05) is 12.4 Å². The first-order valence-electron chi connectivity index (χ1n) is 7.50. The molecule has 116 valence electrons. The summed E-state index contributed by atoms with van der Waals surface area (Å²) in [7, 11) is 0. The van der Waals surface area contributed by atoms with Crippen molar-refractivity contribution in [2.45, 2.75) is 13.8 Å². The molecule has 2 rings (SSSR count). The standard InChI is InChI=1S/C20H20N2O/c1-3-5-15-21-17-7-11-19(12-8-17)23-20-13-9-18(10-14-20)22-16-6-4-2/h3-16H,1-2H3. The zero-order valence-corrected chi connectivity index (χ0v) is 13.4. The fourth-order valence-electron chi connectivity index (χ4n) is 1.77. The number of hydrogen-bond acceptors (Lipinski definition) is 3. The zero-order chi connectivity index (χ0) is 16.3. The van der Waals surface area contributed by atoms with Crippen molar-refractivity contribution in [3.8, 4) is 11.5 Å². The summed E-state index contributed by atoms with van der Waals surface area (Å²) in [6, 6.07) is 15.3. The predicted molar refractivity (Wildman–Crippen MR) is 98.9 cm³/mol. The highest BCUT2D eigenvalue weighted by molar-refractivity contribution is 5.74. The van der Waals surface area contributed by atoms with E-state index < -0.39 is 0 Å². The number of aliphatic imine (C=N–C) groups is 2. The van der Waals surface area contributed by atoms with E-state index in [1.807, 2.05) is 86.7 Å². The van der Waals surface area contributed by atoms with Crippen molar-refractivity contribution in [1.29, 1.82) is 0 Å². The first-order valence-corrected chi connectivity index (χ1v) is 7.50. The summed E-state index contributed by atoms with van der Waals surface area (Å²) in [5, 5.41) is 0. The molecule has 23 heavy (non-hydrogen) atoms. The molecular formula is C20H20N2O. The molecule has 0 spiro atoms. The van der Waals surface area contributed by atoms with Gasteiger partial charge in [0.2, 0.25) is 0 Å². The van der Waals surface area contributed by atoms with Gasteiger partial charge in [-0.25, -0.2) is 0 Å². The van der Waals surface area contributed by atoms with Gasteiger partial charge in [0.05, 0.1) is 11.4 Å². The molecular weight excluding hydrogens is 284 g/mol. The maximum atomic E-state index is 5.81. The summed E-state index contributed by atoms with van der Waals surface area (Å²) in [5.74, 6) is 1.56. The first-order chi connectivity index (χ1) is 11.3. The van der Waals surface area contributed by atoms with Crippen LogP contribution >= 0.6 is 0 Å². The van der Waals surface area contributed by atoms with Gasteiger partial charge in [0.1, 0.15) is 11.5 Å². The smallest absolute Gasteiger partial charge is 0.127 e. The summed E-state index contributed by atoms with van der Waals surface area (Å²) in [5.41, 5.74) is 1.79. The van der Waals surface area contributed by atoms with Crippen LogP contribution in [0.1, 0.15) is 13.8 Å². The Hall–Kier alpha value is -2.94. The molecule has 0 saturated carbocycles. The molecule has 0 amide bonds. The summed E-state index contributed by atoms with van der Waals surface area (Å²) in [4.78, 5) is 8.61. The maximum Gasteiger partial charge on any atom is 0.127 e. The van der Waals surface area contributed by atoms with Crippen LogP contribution in [-0.4, -0.2) is 12.4 Å². The lowest BCUT2D eigenvalue weighted by molar-refractivity contribution is 0.483. The lowest BCUT2D eigenvalue weighted by atomic mass is 10.3. The van der Waals surface area contributed by atoms with E-state index in [1.165, 1.54) is 0 Å². The van der Waals surface area contributed by atoms with Gasteiger partial charge in [0.15, 0.2) is 0 Å². The lowest BCUT2D eigenvalue weighted by Gasteiger charge is -2.05. The van der Waals surface area contributed by atoms with Crippen LogP contribution in [0.4, 0.5) is 11.4 Å². The molecule has 0 fully saturated rings. The number of allylic oxidation sites excluding steroid dienone is 4. The fraction of sp³-hybridized carbons (Fsp3) is 0.100. The highest BCUT2D eigenvalue weighted by Crippen LogP contribution is 2.25. The van der Waals surface area contributed by atoms with Crippen LogP contribution in [0.3, 0.4) is 0 Å². The predicted octanol–water partition coefficient (Wildman–Crippen LogP) is 6.04. The average molecular weight is 304 g/mol. The van der Waals surface area contributed by atoms with Crippen LogP contribution in [0, 0.1) is 0 Å². The molecule has 2 aromatic carbocycles. The Balaban J connectivity index is 1.99. The Bertz CT molecular complexity index is 645. The summed E-state index contributed by atoms with van der Waals surface area (Å²) in [6.07, 6.45) is 11.2. The van der Waals surface area contributed by atoms with Crippen LogP contribution in [0.5, 0.6) is 11.5 Å². The van der Waals surface area contributed by atoms with Gasteiger partial charge in [-0.2, -0.15) is 0 Å². The van der Waals surface area contributed by atoms with Crippen LogP contribution < -0.4 is 4.74 Å². The maximum absolute atomic E-state index is 5.81. The Labute approximate surface area is 137 Å². The molecule has 0 aliphatic rings. The van der Waals surface area contributed by atoms with Crippen molar-refractivity contribution < 1.29 is 4.74 Å². The van der Waals surface area contributed by atoms with Gasteiger partial charge in [-0.1, -0.05) is 12.2 Å². The van der Waals surface area contributed by atoms with Crippen molar-refractivity contribution in [2.24, 2.45) is 9.98 Å². The second-order valence-electron chi connectivity index (χ2n) is 4.70. The number of hydrogen-bond donors (Lipinski definition) is 0. The van der Waals surface area contributed by atoms with Gasteiger partial charge in [-0.05, 0) is 74.5 Å². The third-order valence-corrected chi connectivity index (χ3v) is 2.91. The van der Waals surface area contributed by atoms with Gasteiger partial charge in [-0.3, -0.25) is 9.98 Å². The molecule has 0 radical (unpaired) electrons. The van der Waals surface area contributed by atoms with Crippen molar-refractivity contribution in [1.82, 2.24) is 0 Å². The number of benzene rings is 2. The van der Waals surface area contributed by atoms with E-state index in [1.54, 1.807) is 12.4 Å². The minimum Gasteiger partial charge on any atom is -0.457 e. The molecule has 0 aliphatic heterocycles. The molecule has 0 N–H and O–H groups in total. The van der Waals surface area contributed by atoms with E-state index in [0.717, 1.165) is 22.9 Å². The lowest BCUT2D eigenvalue weighted by Crippen LogP contribution is -1.82. The van der Waals surface area contributed by atoms with E-state index in [-0.39, 0.29) is 0 Å². The Kier molecular flexibility index (Phi) is 6.54. The number of nitrogens with zero attached hydrogens (tertiary/aromatic N) is 2. The molecule has 0 aromatic heterocycles. The molecule has 0 unspecified atom stereocenters. The summed E-state index contributed by atoms with van der Waals surface area (Å²) in [6.45, 7) is 3.92. The van der Waals surface area contributed by atoms with Crippen molar-refractivity contribution >= 4 is 23.8 Å². The second kappa shape index (κ2) is 9.15. The average Bonchev–Trinajstić information content (AvgIpc) is 2.58. The topological polar surface area (TPSA) is 34.0 Å². The van der Waals surface area contributed by atoms with E-state index >= 15 is 0 Å². The SMILES string of the molecule is CC=CC=Nc1ccc(Oc2ccc(N=CC=CC)cc2)cc1. The zero-order valence-electron chi connectivity index (χ0n) is 13.4. The quantitative estimate of drug-likeness (QED) is 0.599. The van der Waals surface area contributed by atoms with Crippen molar-refractivity contribution in [2.75, 3.05) is 0 Å². The number of ether oxygens (including phenoxy) is 1. The largest absolute Gasteiger partial charge is 0.457 e. The highest BCUT2D eigenvalue weighted by atomic mass is 16.5.